The Morgan fingerprint density at radius 3 is 1.81 bits per heavy atom. The third-order valence-electron chi connectivity index (χ3n) is 4.53. The first-order chi connectivity index (χ1) is 15.6. The number of aryl methyl sites for hydroxylation is 1. The lowest BCUT2D eigenvalue weighted by atomic mass is 9.90. The average molecular weight is 434 g/mol. The van der Waals surface area contributed by atoms with E-state index in [1.807, 2.05) is 73.7 Å². The molecular weight excluding hydrogens is 390 g/mol. The molecule has 3 nitrogen and oxygen atoms in total. The third kappa shape index (κ3) is 8.22. The summed E-state index contributed by atoms with van der Waals surface area (Å²) >= 11 is 0. The Balaban J connectivity index is 0.00000148. The van der Waals surface area contributed by atoms with Crippen molar-refractivity contribution in [3.63, 3.8) is 0 Å². The van der Waals surface area contributed by atoms with Crippen molar-refractivity contribution < 1.29 is 0 Å². The van der Waals surface area contributed by atoms with Crippen LogP contribution in [0.3, 0.4) is 0 Å². The molecule has 1 aliphatic carbocycles. The fraction of sp³-hybridized carbons (Fsp3) is 0.345. The van der Waals surface area contributed by atoms with Gasteiger partial charge in [0.15, 0.2) is 0 Å². The van der Waals surface area contributed by atoms with Crippen LogP contribution in [0.1, 0.15) is 65.2 Å². The van der Waals surface area contributed by atoms with Crippen LogP contribution in [-0.2, 0) is 0 Å². The van der Waals surface area contributed by atoms with E-state index in [4.69, 9.17) is 5.73 Å². The molecule has 32 heavy (non-hydrogen) atoms. The van der Waals surface area contributed by atoms with Crippen molar-refractivity contribution in [3.8, 4) is 0 Å². The summed E-state index contributed by atoms with van der Waals surface area (Å²) in [7, 11) is 1.81. The van der Waals surface area contributed by atoms with Crippen LogP contribution in [0.25, 0.3) is 5.57 Å². The summed E-state index contributed by atoms with van der Waals surface area (Å²) in [5.41, 5.74) is 14.7. The summed E-state index contributed by atoms with van der Waals surface area (Å²) in [4.78, 5) is 4.24. The monoisotopic (exact) mass is 433 g/mol. The second-order valence-corrected chi connectivity index (χ2v) is 6.32. The van der Waals surface area contributed by atoms with E-state index in [0.29, 0.717) is 0 Å². The Bertz CT molecular complexity index is 896. The number of hydrogen-bond donors (Lipinski definition) is 2. The molecule has 3 heteroatoms. The smallest absolute Gasteiger partial charge is 0.0571 e. The lowest BCUT2D eigenvalue weighted by Crippen LogP contribution is -2.00. The fourth-order valence-electron chi connectivity index (χ4n) is 3.07. The largest absolute Gasteiger partial charge is 0.399 e. The normalized spacial score (nSPS) is 11.2. The number of hydrogen-bond acceptors (Lipinski definition) is 3. The predicted octanol–water partition coefficient (Wildman–Crippen LogP) is 8.09. The van der Waals surface area contributed by atoms with Gasteiger partial charge in [-0.3, -0.25) is 4.99 Å². The number of aliphatic imine (C=N–C) groups is 1. The molecule has 0 aromatic heterocycles. The number of nitrogens with zero attached hydrogens (tertiary/aromatic N) is 1. The first-order valence-corrected chi connectivity index (χ1v) is 11.9. The molecule has 0 saturated heterocycles. The molecule has 174 valence electrons. The van der Waals surface area contributed by atoms with Gasteiger partial charge in [0.25, 0.3) is 0 Å². The van der Waals surface area contributed by atoms with Gasteiger partial charge in [-0.25, -0.2) is 0 Å². The molecule has 3 N–H and O–H groups in total. The summed E-state index contributed by atoms with van der Waals surface area (Å²) < 4.78 is 0. The zero-order valence-electron chi connectivity index (χ0n) is 21.6. The van der Waals surface area contributed by atoms with Gasteiger partial charge in [0.2, 0.25) is 0 Å². The van der Waals surface area contributed by atoms with E-state index in [1.165, 1.54) is 11.1 Å². The van der Waals surface area contributed by atoms with Gasteiger partial charge in [0.1, 0.15) is 0 Å². The quantitative estimate of drug-likeness (QED) is 0.479. The van der Waals surface area contributed by atoms with Crippen molar-refractivity contribution in [1.82, 2.24) is 0 Å². The van der Waals surface area contributed by atoms with Gasteiger partial charge in [-0.15, -0.1) is 0 Å². The molecule has 0 heterocycles. The minimum absolute atomic E-state index is 0.815. The topological polar surface area (TPSA) is 50.4 Å². The lowest BCUT2D eigenvalue weighted by molar-refractivity contribution is 1.21. The number of nitrogen functional groups attached to an aromatic ring is 1. The summed E-state index contributed by atoms with van der Waals surface area (Å²) in [5.74, 6) is 0. The molecule has 0 fully saturated rings. The van der Waals surface area contributed by atoms with E-state index in [2.05, 4.69) is 65.8 Å². The number of anilines is 2. The van der Waals surface area contributed by atoms with E-state index in [1.54, 1.807) is 0 Å². The highest BCUT2D eigenvalue weighted by Crippen LogP contribution is 2.32. The van der Waals surface area contributed by atoms with Crippen LogP contribution in [0, 0.1) is 6.92 Å². The van der Waals surface area contributed by atoms with Crippen molar-refractivity contribution in [2.75, 3.05) is 24.6 Å². The molecule has 2 aromatic rings. The Morgan fingerprint density at radius 1 is 0.812 bits per heavy atom. The van der Waals surface area contributed by atoms with Gasteiger partial charge in [-0.05, 0) is 78.1 Å². The molecule has 1 aliphatic rings. The molecule has 0 radical (unpaired) electrons. The minimum Gasteiger partial charge on any atom is -0.399 e. The van der Waals surface area contributed by atoms with E-state index < -0.39 is 0 Å². The van der Waals surface area contributed by atoms with Crippen LogP contribution < -0.4 is 11.1 Å². The van der Waals surface area contributed by atoms with Crippen molar-refractivity contribution in [3.05, 3.63) is 89.0 Å². The van der Waals surface area contributed by atoms with Gasteiger partial charge in [0, 0.05) is 25.0 Å². The Kier molecular flexibility index (Phi) is 15.0. The van der Waals surface area contributed by atoms with Crippen molar-refractivity contribution in [2.24, 2.45) is 4.99 Å². The zero-order valence-corrected chi connectivity index (χ0v) is 21.6. The molecule has 0 amide bonds. The number of nitrogens with one attached hydrogen (secondary N) is 1. The third-order valence-corrected chi connectivity index (χ3v) is 4.53. The standard InChI is InChI=1S/C23H25N3.3C2H6/c1-4-26-21-12-7-18(8-13-21)23(17-5-10-20(25-3)11-6-17)19-9-14-22(24)16(2)15-19;3*1-2/h5-15,26H,4,24H2,1-3H3;3*1-2H3. The molecule has 0 aliphatic heterocycles. The molecule has 0 unspecified atom stereocenters. The first kappa shape index (κ1) is 28.9. The van der Waals surface area contributed by atoms with Crippen molar-refractivity contribution in [1.29, 1.82) is 0 Å². The number of allylic oxidation sites excluding steroid dienone is 5. The summed E-state index contributed by atoms with van der Waals surface area (Å²) in [6.45, 7) is 17.1. The highest BCUT2D eigenvalue weighted by atomic mass is 14.8. The van der Waals surface area contributed by atoms with Crippen LogP contribution in [0.4, 0.5) is 11.4 Å². The zero-order chi connectivity index (χ0) is 24.5. The maximum absolute atomic E-state index is 6.03. The molecule has 3 rings (SSSR count). The van der Waals surface area contributed by atoms with Crippen LogP contribution in [0.15, 0.2) is 77.3 Å². The number of benzene rings is 2. The van der Waals surface area contributed by atoms with Gasteiger partial charge < -0.3 is 11.1 Å². The fourth-order valence-corrected chi connectivity index (χ4v) is 3.07. The van der Waals surface area contributed by atoms with E-state index in [-0.39, 0.29) is 0 Å². The van der Waals surface area contributed by atoms with Gasteiger partial charge in [-0.2, -0.15) is 0 Å². The number of nitrogens with two attached hydrogens (primary N) is 1. The Hall–Kier alpha value is -3.07. The van der Waals surface area contributed by atoms with E-state index in [0.717, 1.165) is 40.3 Å². The maximum Gasteiger partial charge on any atom is 0.0571 e. The van der Waals surface area contributed by atoms with Crippen LogP contribution in [0.2, 0.25) is 0 Å². The first-order valence-electron chi connectivity index (χ1n) is 11.9. The molecule has 0 bridgehead atoms. The molecule has 0 atom stereocenters. The summed E-state index contributed by atoms with van der Waals surface area (Å²) in [6, 6.07) is 14.8. The molecule has 0 saturated carbocycles. The Morgan fingerprint density at radius 2 is 1.34 bits per heavy atom. The van der Waals surface area contributed by atoms with Gasteiger partial charge >= 0.3 is 0 Å². The highest BCUT2D eigenvalue weighted by molar-refractivity contribution is 6.07. The second-order valence-electron chi connectivity index (χ2n) is 6.32. The average Bonchev–Trinajstić information content (AvgIpc) is 2.87. The molecular formula is C29H43N3. The number of rotatable bonds is 4. The minimum atomic E-state index is 0.815. The van der Waals surface area contributed by atoms with Crippen molar-refractivity contribution in [2.45, 2.75) is 55.4 Å². The van der Waals surface area contributed by atoms with Crippen molar-refractivity contribution >= 4 is 22.7 Å². The molecule has 0 spiro atoms. The van der Waals surface area contributed by atoms with E-state index >= 15 is 0 Å². The van der Waals surface area contributed by atoms with Crippen LogP contribution in [0.5, 0.6) is 0 Å². The maximum atomic E-state index is 6.03. The van der Waals surface area contributed by atoms with Crippen LogP contribution in [-0.4, -0.2) is 19.3 Å². The summed E-state index contributed by atoms with van der Waals surface area (Å²) in [5, 5.41) is 3.35. The second kappa shape index (κ2) is 16.6. The van der Waals surface area contributed by atoms with Gasteiger partial charge in [0.05, 0.1) is 5.71 Å². The lowest BCUT2D eigenvalue weighted by Gasteiger charge is -2.16. The van der Waals surface area contributed by atoms with Crippen LogP contribution >= 0.6 is 0 Å². The molecule has 2 aromatic carbocycles. The predicted molar refractivity (Wildman–Crippen MR) is 148 cm³/mol. The Labute approximate surface area is 196 Å². The van der Waals surface area contributed by atoms with E-state index in [9.17, 15) is 0 Å². The van der Waals surface area contributed by atoms with Gasteiger partial charge in [-0.1, -0.05) is 71.9 Å². The summed E-state index contributed by atoms with van der Waals surface area (Å²) in [6.07, 6.45) is 8.35. The highest BCUT2D eigenvalue weighted by Gasteiger charge is 2.12. The SMILES string of the molecule is CC.CC.CC.CCNc1ccc(C(=C2C=CC(=NC)C=C2)c2ccc(N)c(C)c2)cc1.